The molecule has 1 aromatic heterocycles. The Kier molecular flexibility index (Phi) is 12.1. The second-order valence-electron chi connectivity index (χ2n) is 4.23. The Labute approximate surface area is 146 Å². The fourth-order valence-electron chi connectivity index (χ4n) is 1.23. The van der Waals surface area contributed by atoms with Gasteiger partial charge < -0.3 is 15.8 Å². The number of nitrogens with one attached hydrogen (secondary N) is 1. The molecule has 0 spiro atoms. The molecule has 21 heavy (non-hydrogen) atoms. The third-order valence-electron chi connectivity index (χ3n) is 2.62. The molecule has 2 unspecified atom stereocenters. The second kappa shape index (κ2) is 11.2. The minimum atomic E-state index is -0.239. The summed E-state index contributed by atoms with van der Waals surface area (Å²) >= 11 is 11.6. The molecule has 0 aliphatic rings. The van der Waals surface area contributed by atoms with E-state index in [2.05, 4.69) is 10.3 Å². The maximum Gasteiger partial charge on any atom is 0.232 e. The molecule has 0 aliphatic carbocycles. The van der Waals surface area contributed by atoms with E-state index in [0.29, 0.717) is 22.5 Å². The van der Waals surface area contributed by atoms with E-state index >= 15 is 0 Å². The van der Waals surface area contributed by atoms with Crippen molar-refractivity contribution in [3.8, 4) is 5.88 Å². The van der Waals surface area contributed by atoms with Crippen molar-refractivity contribution in [3.05, 3.63) is 22.3 Å². The van der Waals surface area contributed by atoms with Crippen LogP contribution in [-0.2, 0) is 4.79 Å². The van der Waals surface area contributed by atoms with E-state index in [9.17, 15) is 4.79 Å². The number of amides is 1. The van der Waals surface area contributed by atoms with Gasteiger partial charge in [-0.05, 0) is 13.0 Å². The van der Waals surface area contributed by atoms with E-state index < -0.39 is 0 Å². The van der Waals surface area contributed by atoms with Crippen molar-refractivity contribution < 1.29 is 9.53 Å². The number of hydrogen-bond acceptors (Lipinski definition) is 4. The first-order valence-electron chi connectivity index (χ1n) is 5.89. The molecule has 0 radical (unpaired) electrons. The predicted molar refractivity (Wildman–Crippen MR) is 90.1 cm³/mol. The van der Waals surface area contributed by atoms with Crippen LogP contribution in [0.4, 0.5) is 0 Å². The fraction of sp³-hybridized carbons (Fsp3) is 0.500. The number of rotatable bonds is 6. The van der Waals surface area contributed by atoms with Crippen molar-refractivity contribution >= 4 is 53.9 Å². The average Bonchev–Trinajstić information content (AvgIpc) is 2.35. The first-order valence-corrected chi connectivity index (χ1v) is 6.64. The van der Waals surface area contributed by atoms with Crippen LogP contribution in [0, 0.1) is 5.92 Å². The van der Waals surface area contributed by atoms with Crippen LogP contribution in [0.15, 0.2) is 12.3 Å². The maximum atomic E-state index is 11.6. The lowest BCUT2D eigenvalue weighted by Crippen LogP contribution is -2.40. The normalized spacial score (nSPS) is 12.4. The minimum absolute atomic E-state index is 0. The van der Waals surface area contributed by atoms with Gasteiger partial charge in [0.25, 0.3) is 0 Å². The Hall–Kier alpha value is -0.460. The summed E-state index contributed by atoms with van der Waals surface area (Å²) in [5.74, 6) is -0.0495. The Morgan fingerprint density at radius 1 is 1.43 bits per heavy atom. The second-order valence-corrected chi connectivity index (χ2v) is 5.07. The number of nitrogens with two attached hydrogens (primary N) is 1. The number of nitrogens with zero attached hydrogens (tertiary/aromatic N) is 1. The van der Waals surface area contributed by atoms with E-state index in [1.807, 2.05) is 0 Å². The molecule has 9 heteroatoms. The number of hydrogen-bond donors (Lipinski definition) is 2. The van der Waals surface area contributed by atoms with Crippen molar-refractivity contribution in [2.24, 2.45) is 11.7 Å². The molecule has 0 aliphatic heterocycles. The molecule has 0 saturated carbocycles. The quantitative estimate of drug-likeness (QED) is 0.746. The third kappa shape index (κ3) is 7.93. The van der Waals surface area contributed by atoms with Gasteiger partial charge in [0.1, 0.15) is 11.6 Å². The predicted octanol–water partition coefficient (Wildman–Crippen LogP) is 2.71. The highest BCUT2D eigenvalue weighted by molar-refractivity contribution is 6.35. The summed E-state index contributed by atoms with van der Waals surface area (Å²) in [6.07, 6.45) is 1.44. The highest BCUT2D eigenvalue weighted by Crippen LogP contribution is 2.24. The van der Waals surface area contributed by atoms with Crippen molar-refractivity contribution in [1.82, 2.24) is 10.3 Å². The molecule has 3 N–H and O–H groups in total. The van der Waals surface area contributed by atoms with Gasteiger partial charge in [-0.2, -0.15) is 0 Å². The molecule has 122 valence electrons. The summed E-state index contributed by atoms with van der Waals surface area (Å²) < 4.78 is 5.33. The van der Waals surface area contributed by atoms with Gasteiger partial charge in [0.15, 0.2) is 0 Å². The van der Waals surface area contributed by atoms with Crippen LogP contribution in [0.5, 0.6) is 5.88 Å². The van der Waals surface area contributed by atoms with E-state index in [1.165, 1.54) is 6.20 Å². The summed E-state index contributed by atoms with van der Waals surface area (Å²) in [6.45, 7) is 4.19. The summed E-state index contributed by atoms with van der Waals surface area (Å²) in [7, 11) is 0. The molecule has 0 bridgehead atoms. The van der Waals surface area contributed by atoms with Gasteiger partial charge in [-0.25, -0.2) is 4.98 Å². The molecule has 1 amide bonds. The molecular formula is C12H19Cl4N3O2. The van der Waals surface area contributed by atoms with E-state index in [1.54, 1.807) is 19.9 Å². The molecular weight excluding hydrogens is 360 g/mol. The van der Waals surface area contributed by atoms with Crippen LogP contribution in [0.3, 0.4) is 0 Å². The van der Waals surface area contributed by atoms with E-state index in [4.69, 9.17) is 33.7 Å². The van der Waals surface area contributed by atoms with Gasteiger partial charge >= 0.3 is 0 Å². The highest BCUT2D eigenvalue weighted by Gasteiger charge is 2.16. The molecule has 2 atom stereocenters. The Morgan fingerprint density at radius 2 is 2.05 bits per heavy atom. The minimum Gasteiger partial charge on any atom is -0.475 e. The molecule has 0 aromatic carbocycles. The lowest BCUT2D eigenvalue weighted by atomic mass is 10.0. The number of halogens is 4. The van der Waals surface area contributed by atoms with E-state index in [0.717, 1.165) is 0 Å². The first kappa shape index (κ1) is 22.8. The van der Waals surface area contributed by atoms with Crippen molar-refractivity contribution in [1.29, 1.82) is 0 Å². The van der Waals surface area contributed by atoms with Crippen LogP contribution in [0.25, 0.3) is 0 Å². The van der Waals surface area contributed by atoms with Crippen molar-refractivity contribution in [3.63, 3.8) is 0 Å². The summed E-state index contributed by atoms with van der Waals surface area (Å²) in [5.41, 5.74) is 5.63. The van der Waals surface area contributed by atoms with E-state index in [-0.39, 0.29) is 49.3 Å². The molecule has 0 saturated heterocycles. The first-order chi connectivity index (χ1) is 8.91. The smallest absolute Gasteiger partial charge is 0.232 e. The maximum absolute atomic E-state index is 11.6. The molecule has 0 fully saturated rings. The zero-order chi connectivity index (χ0) is 14.4. The van der Waals surface area contributed by atoms with Gasteiger partial charge in [0, 0.05) is 18.2 Å². The monoisotopic (exact) mass is 377 g/mol. The van der Waals surface area contributed by atoms with Gasteiger partial charge in [0.2, 0.25) is 11.8 Å². The lowest BCUT2D eigenvalue weighted by molar-refractivity contribution is -0.125. The molecule has 1 aromatic rings. The SMILES string of the molecule is CC(N)C(C)C(=O)NCCOc1ncc(Cl)cc1Cl.Cl.Cl. The standard InChI is InChI=1S/C12H17Cl2N3O2.2ClH/c1-7(8(2)15)11(18)16-3-4-19-12-10(14)5-9(13)6-17-12;;/h5-8H,3-4,15H2,1-2H3,(H,16,18);2*1H. The van der Waals surface area contributed by atoms with Crippen LogP contribution in [0.1, 0.15) is 13.8 Å². The number of pyridine rings is 1. The van der Waals surface area contributed by atoms with Crippen molar-refractivity contribution in [2.45, 2.75) is 19.9 Å². The largest absolute Gasteiger partial charge is 0.475 e. The third-order valence-corrected chi connectivity index (χ3v) is 3.09. The lowest BCUT2D eigenvalue weighted by Gasteiger charge is -2.15. The summed E-state index contributed by atoms with van der Waals surface area (Å²) in [4.78, 5) is 15.5. The fourth-order valence-corrected chi connectivity index (χ4v) is 1.66. The van der Waals surface area contributed by atoms with Crippen molar-refractivity contribution in [2.75, 3.05) is 13.2 Å². The molecule has 1 heterocycles. The highest BCUT2D eigenvalue weighted by atomic mass is 35.5. The topological polar surface area (TPSA) is 77.2 Å². The Morgan fingerprint density at radius 3 is 2.57 bits per heavy atom. The van der Waals surface area contributed by atoms with Gasteiger partial charge in [-0.1, -0.05) is 30.1 Å². The summed E-state index contributed by atoms with van der Waals surface area (Å²) in [5, 5.41) is 3.50. The van der Waals surface area contributed by atoms with Gasteiger partial charge in [-0.15, -0.1) is 24.8 Å². The summed E-state index contributed by atoms with van der Waals surface area (Å²) in [6, 6.07) is 1.36. The van der Waals surface area contributed by atoms with Crippen LogP contribution in [-0.4, -0.2) is 30.1 Å². The Balaban J connectivity index is 0. The zero-order valence-electron chi connectivity index (χ0n) is 11.6. The zero-order valence-corrected chi connectivity index (χ0v) is 14.8. The average molecular weight is 379 g/mol. The number of aromatic nitrogens is 1. The number of carbonyl (C=O) groups is 1. The Bertz CT molecular complexity index is 447. The number of ether oxygens (including phenoxy) is 1. The molecule has 5 nitrogen and oxygen atoms in total. The van der Waals surface area contributed by atoms with Gasteiger partial charge in [-0.3, -0.25) is 4.79 Å². The van der Waals surface area contributed by atoms with Gasteiger partial charge in [0.05, 0.1) is 11.6 Å². The van der Waals surface area contributed by atoms with Crippen LogP contribution >= 0.6 is 48.0 Å². The molecule has 1 rings (SSSR count). The van der Waals surface area contributed by atoms with Crippen LogP contribution in [0.2, 0.25) is 10.0 Å². The number of carbonyl (C=O) groups excluding carboxylic acids is 1. The van der Waals surface area contributed by atoms with Crippen LogP contribution < -0.4 is 15.8 Å².